The summed E-state index contributed by atoms with van der Waals surface area (Å²) in [5.41, 5.74) is 3.17. The molecule has 0 atom stereocenters. The molecular weight excluding hydrogens is 164 g/mol. The van der Waals surface area contributed by atoms with Gasteiger partial charge in [0, 0.05) is 24.8 Å². The van der Waals surface area contributed by atoms with E-state index in [0.717, 1.165) is 25.2 Å². The van der Waals surface area contributed by atoms with Gasteiger partial charge >= 0.3 is 0 Å². The Morgan fingerprint density at radius 2 is 2.38 bits per heavy atom. The summed E-state index contributed by atoms with van der Waals surface area (Å²) >= 11 is 0. The zero-order chi connectivity index (χ0) is 9.42. The first-order chi connectivity index (χ1) is 6.24. The molecule has 0 aromatic carbocycles. The van der Waals surface area contributed by atoms with Crippen molar-refractivity contribution in [2.24, 2.45) is 0 Å². The molecule has 1 aromatic heterocycles. The topological polar surface area (TPSA) is 36.1 Å². The summed E-state index contributed by atoms with van der Waals surface area (Å²) in [6, 6.07) is 0. The van der Waals surface area contributed by atoms with Crippen molar-refractivity contribution >= 4 is 5.91 Å². The van der Waals surface area contributed by atoms with Crippen molar-refractivity contribution in [3.8, 4) is 0 Å². The average molecular weight is 178 g/mol. The largest absolute Gasteiger partial charge is 0.357 e. The van der Waals surface area contributed by atoms with Crippen molar-refractivity contribution in [1.82, 2.24) is 9.88 Å². The predicted molar refractivity (Wildman–Crippen MR) is 50.6 cm³/mol. The Morgan fingerprint density at radius 1 is 1.62 bits per heavy atom. The van der Waals surface area contributed by atoms with E-state index in [9.17, 15) is 4.79 Å². The van der Waals surface area contributed by atoms with E-state index >= 15 is 0 Å². The van der Waals surface area contributed by atoms with Crippen molar-refractivity contribution in [2.75, 3.05) is 6.54 Å². The van der Waals surface area contributed by atoms with Crippen LogP contribution in [0.25, 0.3) is 0 Å². The second-order valence-corrected chi connectivity index (χ2v) is 3.55. The smallest absolute Gasteiger partial charge is 0.270 e. The predicted octanol–water partition coefficient (Wildman–Crippen LogP) is 1.69. The maximum absolute atomic E-state index is 11.7. The zero-order valence-electron chi connectivity index (χ0n) is 8.05. The van der Waals surface area contributed by atoms with Gasteiger partial charge in [-0.1, -0.05) is 6.92 Å². The van der Waals surface area contributed by atoms with Crippen LogP contribution >= 0.6 is 0 Å². The lowest BCUT2D eigenvalue weighted by molar-refractivity contribution is 0.0773. The van der Waals surface area contributed by atoms with Crippen LogP contribution in [0.2, 0.25) is 0 Å². The zero-order valence-corrected chi connectivity index (χ0v) is 8.05. The van der Waals surface area contributed by atoms with Gasteiger partial charge in [-0.05, 0) is 18.9 Å². The van der Waals surface area contributed by atoms with Gasteiger partial charge in [-0.25, -0.2) is 0 Å². The second-order valence-electron chi connectivity index (χ2n) is 3.55. The Labute approximate surface area is 77.7 Å². The number of hydrogen-bond donors (Lipinski definition) is 1. The number of rotatable bonds is 2. The third kappa shape index (κ3) is 1.15. The number of aryl methyl sites for hydroxylation is 1. The number of carbonyl (C=O) groups is 1. The summed E-state index contributed by atoms with van der Waals surface area (Å²) in [4.78, 5) is 16.6. The molecule has 0 radical (unpaired) electrons. The molecule has 0 saturated carbocycles. The van der Waals surface area contributed by atoms with Crippen molar-refractivity contribution in [2.45, 2.75) is 26.8 Å². The first-order valence-electron chi connectivity index (χ1n) is 4.70. The van der Waals surface area contributed by atoms with Crippen molar-refractivity contribution in [3.63, 3.8) is 0 Å². The van der Waals surface area contributed by atoms with Crippen molar-refractivity contribution in [1.29, 1.82) is 0 Å². The van der Waals surface area contributed by atoms with Gasteiger partial charge in [0.15, 0.2) is 0 Å². The fraction of sp³-hybridized carbons (Fsp3) is 0.500. The molecule has 0 aliphatic carbocycles. The summed E-state index contributed by atoms with van der Waals surface area (Å²) in [7, 11) is 0. The van der Waals surface area contributed by atoms with E-state index in [1.807, 2.05) is 18.0 Å². The molecule has 3 nitrogen and oxygen atoms in total. The summed E-state index contributed by atoms with van der Waals surface area (Å²) in [5, 5.41) is 0. The van der Waals surface area contributed by atoms with E-state index in [-0.39, 0.29) is 5.91 Å². The summed E-state index contributed by atoms with van der Waals surface area (Å²) in [5.74, 6) is 0.157. The van der Waals surface area contributed by atoms with Crippen LogP contribution in [0.15, 0.2) is 6.20 Å². The van der Waals surface area contributed by atoms with Gasteiger partial charge in [0.2, 0.25) is 0 Å². The molecule has 1 aromatic rings. The normalized spacial score (nSPS) is 15.2. The van der Waals surface area contributed by atoms with Gasteiger partial charge in [-0.15, -0.1) is 0 Å². The third-order valence-electron chi connectivity index (χ3n) is 2.55. The number of hydrogen-bond acceptors (Lipinski definition) is 1. The minimum atomic E-state index is 0.157. The van der Waals surface area contributed by atoms with Crippen LogP contribution < -0.4 is 0 Å². The van der Waals surface area contributed by atoms with Crippen LogP contribution in [0.1, 0.15) is 35.0 Å². The third-order valence-corrected chi connectivity index (χ3v) is 2.55. The highest BCUT2D eigenvalue weighted by molar-refractivity contribution is 5.97. The van der Waals surface area contributed by atoms with Crippen molar-refractivity contribution in [3.05, 3.63) is 23.0 Å². The number of amides is 1. The molecule has 3 heteroatoms. The molecule has 2 rings (SSSR count). The molecule has 1 amide bonds. The molecule has 0 fully saturated rings. The molecule has 1 aliphatic rings. The maximum atomic E-state index is 11.7. The molecule has 0 spiro atoms. The van der Waals surface area contributed by atoms with Gasteiger partial charge in [-0.3, -0.25) is 4.79 Å². The Morgan fingerprint density at radius 3 is 3.00 bits per heavy atom. The minimum absolute atomic E-state index is 0.157. The van der Waals surface area contributed by atoms with Gasteiger partial charge in [0.1, 0.15) is 5.69 Å². The van der Waals surface area contributed by atoms with E-state index in [1.54, 1.807) is 0 Å². The molecule has 0 unspecified atom stereocenters. The van der Waals surface area contributed by atoms with E-state index in [4.69, 9.17) is 0 Å². The fourth-order valence-corrected chi connectivity index (χ4v) is 1.82. The molecule has 2 heterocycles. The van der Waals surface area contributed by atoms with Crippen molar-refractivity contribution < 1.29 is 4.79 Å². The lowest BCUT2D eigenvalue weighted by Gasteiger charge is -2.13. The number of fused-ring (bicyclic) bond motifs is 1. The molecular formula is C10H14N2O. The van der Waals surface area contributed by atoms with E-state index in [1.165, 1.54) is 11.1 Å². The van der Waals surface area contributed by atoms with Crippen LogP contribution in [-0.2, 0) is 6.54 Å². The number of nitrogens with zero attached hydrogens (tertiary/aromatic N) is 1. The Bertz CT molecular complexity index is 341. The lowest BCUT2D eigenvalue weighted by Crippen LogP contribution is -2.25. The highest BCUT2D eigenvalue weighted by Gasteiger charge is 2.28. The maximum Gasteiger partial charge on any atom is 0.270 e. The Balaban J connectivity index is 2.28. The molecule has 70 valence electrons. The summed E-state index contributed by atoms with van der Waals surface area (Å²) in [6.45, 7) is 5.78. The van der Waals surface area contributed by atoms with E-state index in [0.29, 0.717) is 0 Å². The number of H-pyrrole nitrogens is 1. The molecule has 1 aliphatic heterocycles. The van der Waals surface area contributed by atoms with Gasteiger partial charge in [0.25, 0.3) is 5.91 Å². The first kappa shape index (κ1) is 8.35. The van der Waals surface area contributed by atoms with Crippen LogP contribution in [0.5, 0.6) is 0 Å². The van der Waals surface area contributed by atoms with Crippen LogP contribution in [0, 0.1) is 6.92 Å². The fourth-order valence-electron chi connectivity index (χ4n) is 1.82. The highest BCUT2D eigenvalue weighted by Crippen LogP contribution is 2.24. The number of nitrogens with one attached hydrogen (secondary N) is 1. The first-order valence-corrected chi connectivity index (χ1v) is 4.70. The standard InChI is InChI=1S/C10H14N2O/c1-3-4-12-6-8-7(2)5-11-9(8)10(12)13/h5,11H,3-4,6H2,1-2H3. The number of aromatic amines is 1. The Hall–Kier alpha value is -1.25. The molecule has 0 bridgehead atoms. The second kappa shape index (κ2) is 2.91. The van der Waals surface area contributed by atoms with Crippen LogP contribution in [0.3, 0.4) is 0 Å². The number of carbonyl (C=O) groups excluding carboxylic acids is 1. The lowest BCUT2D eigenvalue weighted by atomic mass is 10.2. The molecule has 0 saturated heterocycles. The monoisotopic (exact) mass is 178 g/mol. The molecule has 13 heavy (non-hydrogen) atoms. The van der Waals surface area contributed by atoms with Gasteiger partial charge in [-0.2, -0.15) is 0 Å². The number of aromatic nitrogens is 1. The summed E-state index contributed by atoms with van der Waals surface area (Å²) < 4.78 is 0. The Kier molecular flexibility index (Phi) is 1.87. The average Bonchev–Trinajstić information content (AvgIpc) is 2.59. The molecule has 1 N–H and O–H groups in total. The van der Waals surface area contributed by atoms with Gasteiger partial charge in [0.05, 0.1) is 0 Å². The highest BCUT2D eigenvalue weighted by atomic mass is 16.2. The van der Waals surface area contributed by atoms with E-state index < -0.39 is 0 Å². The van der Waals surface area contributed by atoms with Gasteiger partial charge < -0.3 is 9.88 Å². The van der Waals surface area contributed by atoms with Crippen LogP contribution in [-0.4, -0.2) is 22.3 Å². The van der Waals surface area contributed by atoms with Crippen LogP contribution in [0.4, 0.5) is 0 Å². The van der Waals surface area contributed by atoms with E-state index in [2.05, 4.69) is 11.9 Å². The SMILES string of the molecule is CCCN1Cc2c(C)c[nH]c2C1=O. The quantitative estimate of drug-likeness (QED) is 0.735. The summed E-state index contributed by atoms with van der Waals surface area (Å²) in [6.07, 6.45) is 2.93. The minimum Gasteiger partial charge on any atom is -0.357 e.